The van der Waals surface area contributed by atoms with Crippen molar-refractivity contribution in [2.45, 2.75) is 55.8 Å². The topological polar surface area (TPSA) is 59.7 Å². The first-order valence-corrected chi connectivity index (χ1v) is 10.9. The Kier molecular flexibility index (Phi) is 4.12. The molecule has 2 fully saturated rings. The van der Waals surface area contributed by atoms with Crippen LogP contribution in [-0.2, 0) is 0 Å². The quantitative estimate of drug-likeness (QED) is 0.623. The predicted molar refractivity (Wildman–Crippen MR) is 105 cm³/mol. The molecule has 1 saturated carbocycles. The van der Waals surface area contributed by atoms with Gasteiger partial charge in [0, 0.05) is 29.4 Å². The fourth-order valence-corrected chi connectivity index (χ4v) is 5.40. The van der Waals surface area contributed by atoms with Gasteiger partial charge in [-0.05, 0) is 56.4 Å². The zero-order valence-electron chi connectivity index (χ0n) is 15.1. The van der Waals surface area contributed by atoms with Crippen molar-refractivity contribution in [3.63, 3.8) is 0 Å². The van der Waals surface area contributed by atoms with Gasteiger partial charge in [-0.3, -0.25) is 4.57 Å². The Labute approximate surface area is 161 Å². The summed E-state index contributed by atoms with van der Waals surface area (Å²) in [5, 5.41) is 12.2. The van der Waals surface area contributed by atoms with Gasteiger partial charge in [0.2, 0.25) is 5.95 Å². The molecule has 1 saturated heterocycles. The molecule has 0 radical (unpaired) electrons. The molecule has 0 spiro atoms. The summed E-state index contributed by atoms with van der Waals surface area (Å²) < 4.78 is 2.35. The van der Waals surface area contributed by atoms with Crippen molar-refractivity contribution in [1.29, 1.82) is 0 Å². The molecule has 0 N–H and O–H groups in total. The molecule has 0 bridgehead atoms. The van der Waals surface area contributed by atoms with Gasteiger partial charge in [-0.1, -0.05) is 6.92 Å². The summed E-state index contributed by atoms with van der Waals surface area (Å²) in [6, 6.07) is 2.72. The summed E-state index contributed by atoms with van der Waals surface area (Å²) in [6.45, 7) is 6.62. The molecule has 1 aliphatic carbocycles. The van der Waals surface area contributed by atoms with E-state index in [1.54, 1.807) is 29.4 Å². The molecule has 0 aromatic carbocycles. The van der Waals surface area contributed by atoms with Crippen LogP contribution in [0.5, 0.6) is 0 Å². The molecule has 3 aromatic heterocycles. The maximum Gasteiger partial charge on any atom is 0.228 e. The second-order valence-electron chi connectivity index (χ2n) is 7.41. The van der Waals surface area contributed by atoms with Crippen LogP contribution in [0.3, 0.4) is 0 Å². The number of hydrogen-bond acceptors (Lipinski definition) is 7. The molecule has 5 rings (SSSR count). The lowest BCUT2D eigenvalue weighted by Gasteiger charge is -2.31. The second kappa shape index (κ2) is 6.49. The van der Waals surface area contributed by atoms with Crippen LogP contribution in [-0.4, -0.2) is 37.8 Å². The first kappa shape index (κ1) is 16.5. The van der Waals surface area contributed by atoms with Gasteiger partial charge >= 0.3 is 0 Å². The smallest absolute Gasteiger partial charge is 0.228 e. The van der Waals surface area contributed by atoms with Crippen molar-refractivity contribution in [1.82, 2.24) is 24.7 Å². The van der Waals surface area contributed by atoms with Gasteiger partial charge in [0.25, 0.3) is 0 Å². The fraction of sp³-hybridized carbons (Fsp3) is 0.556. The third kappa shape index (κ3) is 2.99. The highest BCUT2D eigenvalue weighted by atomic mass is 32.2. The average Bonchev–Trinajstić information content (AvgIpc) is 3.27. The first-order valence-electron chi connectivity index (χ1n) is 9.28. The van der Waals surface area contributed by atoms with Gasteiger partial charge in [-0.25, -0.2) is 9.97 Å². The van der Waals surface area contributed by atoms with E-state index >= 15 is 0 Å². The van der Waals surface area contributed by atoms with Gasteiger partial charge in [-0.2, -0.15) is 0 Å². The van der Waals surface area contributed by atoms with Crippen LogP contribution in [0.2, 0.25) is 0 Å². The first-order chi connectivity index (χ1) is 12.7. The number of fused-ring (bicyclic) bond motifs is 1. The maximum absolute atomic E-state index is 4.58. The summed E-state index contributed by atoms with van der Waals surface area (Å²) >= 11 is 3.34. The van der Waals surface area contributed by atoms with Gasteiger partial charge < -0.3 is 4.90 Å². The lowest BCUT2D eigenvalue weighted by Crippen LogP contribution is -2.34. The van der Waals surface area contributed by atoms with E-state index in [0.29, 0.717) is 6.04 Å². The highest BCUT2D eigenvalue weighted by Crippen LogP contribution is 2.43. The molecule has 1 aliphatic heterocycles. The summed E-state index contributed by atoms with van der Waals surface area (Å²) in [6.07, 6.45) is 6.58. The number of thiophene rings is 1. The van der Waals surface area contributed by atoms with Crippen molar-refractivity contribution < 1.29 is 0 Å². The van der Waals surface area contributed by atoms with Crippen LogP contribution in [0.25, 0.3) is 10.2 Å². The van der Waals surface area contributed by atoms with E-state index < -0.39 is 0 Å². The normalized spacial score (nSPS) is 18.8. The molecule has 26 heavy (non-hydrogen) atoms. The maximum atomic E-state index is 4.58. The standard InChI is InChI=1S/C18H22N6S2/c1-11-5-7-23(8-6-11)17-21-22-18(24(17)13-3-4-13)26-16-14-9-12(2)25-15(14)19-10-20-16/h9-11,13H,3-8H2,1-2H3. The van der Waals surface area contributed by atoms with Crippen molar-refractivity contribution in [2.75, 3.05) is 18.0 Å². The van der Waals surface area contributed by atoms with Crippen LogP contribution in [0.15, 0.2) is 22.6 Å². The SMILES string of the molecule is Cc1cc2c(Sc3nnc(N4CCC(C)CC4)n3C3CC3)ncnc2s1. The molecule has 0 amide bonds. The molecule has 136 valence electrons. The highest BCUT2D eigenvalue weighted by Gasteiger charge is 2.33. The minimum absolute atomic E-state index is 0.545. The van der Waals surface area contributed by atoms with E-state index in [4.69, 9.17) is 0 Å². The number of hydrogen-bond donors (Lipinski definition) is 0. The van der Waals surface area contributed by atoms with Crippen LogP contribution >= 0.6 is 23.1 Å². The Morgan fingerprint density at radius 2 is 1.92 bits per heavy atom. The average molecular weight is 387 g/mol. The van der Waals surface area contributed by atoms with E-state index in [-0.39, 0.29) is 0 Å². The van der Waals surface area contributed by atoms with Crippen LogP contribution < -0.4 is 4.90 Å². The lowest BCUT2D eigenvalue weighted by molar-refractivity contribution is 0.429. The minimum Gasteiger partial charge on any atom is -0.341 e. The largest absolute Gasteiger partial charge is 0.341 e. The van der Waals surface area contributed by atoms with E-state index in [1.807, 2.05) is 0 Å². The van der Waals surface area contributed by atoms with E-state index in [0.717, 1.165) is 45.4 Å². The summed E-state index contributed by atoms with van der Waals surface area (Å²) in [4.78, 5) is 13.7. The van der Waals surface area contributed by atoms with Crippen LogP contribution in [0.4, 0.5) is 5.95 Å². The highest BCUT2D eigenvalue weighted by molar-refractivity contribution is 7.99. The third-order valence-corrected chi connectivity index (χ3v) is 7.17. The number of nitrogens with zero attached hydrogens (tertiary/aromatic N) is 6. The number of aryl methyl sites for hydroxylation is 1. The Hall–Kier alpha value is -1.67. The molecule has 6 nitrogen and oxygen atoms in total. The lowest BCUT2D eigenvalue weighted by atomic mass is 10.00. The van der Waals surface area contributed by atoms with Crippen LogP contribution in [0.1, 0.15) is 43.5 Å². The molecule has 0 atom stereocenters. The molecule has 3 aromatic rings. The monoisotopic (exact) mass is 386 g/mol. The van der Waals surface area contributed by atoms with Gasteiger partial charge in [0.1, 0.15) is 16.2 Å². The number of anilines is 1. The fourth-order valence-electron chi connectivity index (χ4n) is 3.54. The molecule has 0 unspecified atom stereocenters. The molecule has 4 heterocycles. The Morgan fingerprint density at radius 3 is 2.69 bits per heavy atom. The van der Waals surface area contributed by atoms with Crippen molar-refractivity contribution in [2.24, 2.45) is 5.92 Å². The Balaban J connectivity index is 1.49. The molecular formula is C18H22N6S2. The second-order valence-corrected chi connectivity index (χ2v) is 9.60. The number of piperidine rings is 1. The number of rotatable bonds is 4. The zero-order valence-corrected chi connectivity index (χ0v) is 16.7. The van der Waals surface area contributed by atoms with Gasteiger partial charge in [0.05, 0.1) is 0 Å². The molecular weight excluding hydrogens is 364 g/mol. The third-order valence-electron chi connectivity index (χ3n) is 5.23. The van der Waals surface area contributed by atoms with Crippen molar-refractivity contribution >= 4 is 39.3 Å². The predicted octanol–water partition coefficient (Wildman–Crippen LogP) is 4.31. The van der Waals surface area contributed by atoms with Gasteiger partial charge in [-0.15, -0.1) is 21.5 Å². The Morgan fingerprint density at radius 1 is 1.12 bits per heavy atom. The van der Waals surface area contributed by atoms with Crippen molar-refractivity contribution in [3.05, 3.63) is 17.3 Å². The Bertz CT molecular complexity index is 936. The van der Waals surface area contributed by atoms with Crippen LogP contribution in [0, 0.1) is 12.8 Å². The number of aromatic nitrogens is 5. The summed E-state index contributed by atoms with van der Waals surface area (Å²) in [5.74, 6) is 1.86. The van der Waals surface area contributed by atoms with E-state index in [9.17, 15) is 0 Å². The van der Waals surface area contributed by atoms with Gasteiger partial charge in [0.15, 0.2) is 5.16 Å². The van der Waals surface area contributed by atoms with Crippen molar-refractivity contribution in [3.8, 4) is 0 Å². The van der Waals surface area contributed by atoms with E-state index in [1.165, 1.54) is 30.6 Å². The minimum atomic E-state index is 0.545. The van der Waals surface area contributed by atoms with E-state index in [2.05, 4.69) is 49.5 Å². The molecule has 2 aliphatic rings. The zero-order chi connectivity index (χ0) is 17.7. The molecule has 8 heteroatoms. The summed E-state index contributed by atoms with van der Waals surface area (Å²) in [5.41, 5.74) is 0. The summed E-state index contributed by atoms with van der Waals surface area (Å²) in [7, 11) is 0.